The standard InChI is InChI=1S/C14H24O3/c1-9(2)7-12(8-10(3)4)13(11(5)15)14(16)17-6/h9-10H,7-8H2,1-6H3. The number of ether oxygens (including phenoxy) is 1. The zero-order valence-electron chi connectivity index (χ0n) is 11.8. The minimum Gasteiger partial charge on any atom is -0.465 e. The van der Waals surface area contributed by atoms with Gasteiger partial charge in [-0.3, -0.25) is 4.79 Å². The first-order valence-electron chi connectivity index (χ1n) is 6.10. The fraction of sp³-hybridized carbons (Fsp3) is 0.714. The van der Waals surface area contributed by atoms with Gasteiger partial charge in [-0.2, -0.15) is 0 Å². The Morgan fingerprint density at radius 2 is 1.41 bits per heavy atom. The molecule has 0 aromatic rings. The first kappa shape index (κ1) is 15.9. The van der Waals surface area contributed by atoms with E-state index in [1.54, 1.807) is 0 Å². The highest BCUT2D eigenvalue weighted by atomic mass is 16.5. The summed E-state index contributed by atoms with van der Waals surface area (Å²) in [6, 6.07) is 0. The van der Waals surface area contributed by atoms with Crippen molar-refractivity contribution in [1.29, 1.82) is 0 Å². The van der Waals surface area contributed by atoms with E-state index in [0.717, 1.165) is 18.4 Å². The van der Waals surface area contributed by atoms with Crippen LogP contribution in [0.1, 0.15) is 47.5 Å². The summed E-state index contributed by atoms with van der Waals surface area (Å²) in [5.74, 6) is 0.132. The molecular weight excluding hydrogens is 216 g/mol. The van der Waals surface area contributed by atoms with Crippen LogP contribution < -0.4 is 0 Å². The predicted molar refractivity (Wildman–Crippen MR) is 68.6 cm³/mol. The van der Waals surface area contributed by atoms with Crippen LogP contribution in [-0.4, -0.2) is 18.9 Å². The van der Waals surface area contributed by atoms with Crippen LogP contribution in [0.2, 0.25) is 0 Å². The summed E-state index contributed by atoms with van der Waals surface area (Å²) >= 11 is 0. The quantitative estimate of drug-likeness (QED) is 0.310. The molecule has 0 saturated carbocycles. The maximum Gasteiger partial charge on any atom is 0.341 e. The van der Waals surface area contributed by atoms with Crippen molar-refractivity contribution in [1.82, 2.24) is 0 Å². The van der Waals surface area contributed by atoms with E-state index in [9.17, 15) is 9.59 Å². The van der Waals surface area contributed by atoms with E-state index >= 15 is 0 Å². The van der Waals surface area contributed by atoms with Gasteiger partial charge in [-0.05, 0) is 31.6 Å². The smallest absolute Gasteiger partial charge is 0.341 e. The van der Waals surface area contributed by atoms with Gasteiger partial charge in [0.1, 0.15) is 5.57 Å². The van der Waals surface area contributed by atoms with Gasteiger partial charge in [-0.15, -0.1) is 0 Å². The molecule has 0 bridgehead atoms. The number of hydrogen-bond acceptors (Lipinski definition) is 3. The number of esters is 1. The summed E-state index contributed by atoms with van der Waals surface area (Å²) in [6.07, 6.45) is 1.53. The Balaban J connectivity index is 5.38. The van der Waals surface area contributed by atoms with E-state index in [2.05, 4.69) is 27.7 Å². The second kappa shape index (κ2) is 7.25. The second-order valence-corrected chi connectivity index (χ2v) is 5.22. The van der Waals surface area contributed by atoms with Crippen LogP contribution in [0.4, 0.5) is 0 Å². The normalized spacial score (nSPS) is 10.6. The van der Waals surface area contributed by atoms with Gasteiger partial charge in [-0.25, -0.2) is 4.79 Å². The Morgan fingerprint density at radius 3 is 1.65 bits per heavy atom. The number of hydrogen-bond donors (Lipinski definition) is 0. The SMILES string of the molecule is COC(=O)C(C(C)=O)=C(CC(C)C)CC(C)C. The molecule has 3 nitrogen and oxygen atoms in total. The highest BCUT2D eigenvalue weighted by molar-refractivity contribution is 6.17. The zero-order valence-corrected chi connectivity index (χ0v) is 11.8. The van der Waals surface area contributed by atoms with Gasteiger partial charge in [0.05, 0.1) is 7.11 Å². The maximum absolute atomic E-state index is 11.7. The van der Waals surface area contributed by atoms with Gasteiger partial charge in [-0.1, -0.05) is 33.3 Å². The Bertz CT molecular complexity index is 299. The minimum atomic E-state index is -0.506. The third kappa shape index (κ3) is 5.66. The van der Waals surface area contributed by atoms with Crippen molar-refractivity contribution in [3.63, 3.8) is 0 Å². The van der Waals surface area contributed by atoms with Crippen LogP contribution in [0.25, 0.3) is 0 Å². The van der Waals surface area contributed by atoms with Crippen molar-refractivity contribution >= 4 is 11.8 Å². The highest BCUT2D eigenvalue weighted by Gasteiger charge is 2.21. The van der Waals surface area contributed by atoms with E-state index in [-0.39, 0.29) is 11.4 Å². The highest BCUT2D eigenvalue weighted by Crippen LogP contribution is 2.24. The molecule has 0 fully saturated rings. The zero-order chi connectivity index (χ0) is 13.6. The molecule has 3 heteroatoms. The monoisotopic (exact) mass is 240 g/mol. The summed E-state index contributed by atoms with van der Waals surface area (Å²) in [4.78, 5) is 23.2. The Kier molecular flexibility index (Phi) is 6.78. The van der Waals surface area contributed by atoms with E-state index in [0.29, 0.717) is 11.8 Å². The summed E-state index contributed by atoms with van der Waals surface area (Å²) in [5.41, 5.74) is 1.17. The Hall–Kier alpha value is -1.12. The Morgan fingerprint density at radius 1 is 1.00 bits per heavy atom. The van der Waals surface area contributed by atoms with Crippen LogP contribution in [0.3, 0.4) is 0 Å². The molecule has 0 heterocycles. The van der Waals surface area contributed by atoms with E-state index in [1.807, 2.05) is 0 Å². The van der Waals surface area contributed by atoms with Crippen molar-refractivity contribution in [2.75, 3.05) is 7.11 Å². The molecule has 0 aromatic heterocycles. The number of carbonyl (C=O) groups excluding carboxylic acids is 2. The minimum absolute atomic E-state index is 0.201. The number of carbonyl (C=O) groups is 2. The van der Waals surface area contributed by atoms with Crippen molar-refractivity contribution in [2.24, 2.45) is 11.8 Å². The first-order chi connectivity index (χ1) is 7.79. The van der Waals surface area contributed by atoms with Crippen molar-refractivity contribution in [3.8, 4) is 0 Å². The molecule has 0 rings (SSSR count). The fourth-order valence-corrected chi connectivity index (χ4v) is 1.91. The number of ketones is 1. The molecule has 0 aliphatic carbocycles. The van der Waals surface area contributed by atoms with Gasteiger partial charge in [0.25, 0.3) is 0 Å². The van der Waals surface area contributed by atoms with E-state index < -0.39 is 5.97 Å². The molecule has 0 spiro atoms. The lowest BCUT2D eigenvalue weighted by atomic mass is 9.90. The van der Waals surface area contributed by atoms with E-state index in [4.69, 9.17) is 4.74 Å². The molecule has 0 aliphatic heterocycles. The first-order valence-corrected chi connectivity index (χ1v) is 6.10. The topological polar surface area (TPSA) is 43.4 Å². The van der Waals surface area contributed by atoms with Crippen LogP contribution >= 0.6 is 0 Å². The van der Waals surface area contributed by atoms with Crippen LogP contribution in [0.15, 0.2) is 11.1 Å². The third-order valence-electron chi connectivity index (χ3n) is 2.40. The van der Waals surface area contributed by atoms with Crippen molar-refractivity contribution < 1.29 is 14.3 Å². The molecule has 17 heavy (non-hydrogen) atoms. The molecule has 0 aromatic carbocycles. The number of methoxy groups -OCH3 is 1. The van der Waals surface area contributed by atoms with Crippen molar-refractivity contribution in [2.45, 2.75) is 47.5 Å². The van der Waals surface area contributed by atoms with Crippen LogP contribution in [0, 0.1) is 11.8 Å². The van der Waals surface area contributed by atoms with Gasteiger partial charge < -0.3 is 4.74 Å². The van der Waals surface area contributed by atoms with Gasteiger partial charge >= 0.3 is 5.97 Å². The maximum atomic E-state index is 11.7. The fourth-order valence-electron chi connectivity index (χ4n) is 1.91. The summed E-state index contributed by atoms with van der Waals surface area (Å²) in [6.45, 7) is 9.74. The largest absolute Gasteiger partial charge is 0.465 e. The molecule has 0 aliphatic rings. The molecule has 0 atom stereocenters. The molecule has 98 valence electrons. The lowest BCUT2D eigenvalue weighted by Crippen LogP contribution is -2.16. The van der Waals surface area contributed by atoms with Crippen LogP contribution in [0.5, 0.6) is 0 Å². The molecule has 0 saturated heterocycles. The summed E-state index contributed by atoms with van der Waals surface area (Å²) < 4.78 is 4.70. The van der Waals surface area contributed by atoms with Crippen molar-refractivity contribution in [3.05, 3.63) is 11.1 Å². The van der Waals surface area contributed by atoms with Gasteiger partial charge in [0, 0.05) is 0 Å². The summed E-state index contributed by atoms with van der Waals surface area (Å²) in [7, 11) is 1.31. The van der Waals surface area contributed by atoms with Gasteiger partial charge in [0.2, 0.25) is 0 Å². The molecule has 0 radical (unpaired) electrons. The lowest BCUT2D eigenvalue weighted by molar-refractivity contribution is -0.137. The predicted octanol–water partition coefficient (Wildman–Crippen LogP) is 3.14. The van der Waals surface area contributed by atoms with Crippen LogP contribution in [-0.2, 0) is 14.3 Å². The average Bonchev–Trinajstić information content (AvgIpc) is 2.14. The molecule has 0 N–H and O–H groups in total. The number of rotatable bonds is 6. The molecule has 0 unspecified atom stereocenters. The molecular formula is C14H24O3. The lowest BCUT2D eigenvalue weighted by Gasteiger charge is -2.16. The number of Topliss-reactive ketones (excluding diaryl/α,β-unsaturated/α-hetero) is 1. The van der Waals surface area contributed by atoms with E-state index in [1.165, 1.54) is 14.0 Å². The molecule has 0 amide bonds. The second-order valence-electron chi connectivity index (χ2n) is 5.22. The number of allylic oxidation sites excluding steroid dienone is 1. The van der Waals surface area contributed by atoms with Gasteiger partial charge in [0.15, 0.2) is 5.78 Å². The average molecular weight is 240 g/mol. The summed E-state index contributed by atoms with van der Waals surface area (Å²) in [5, 5.41) is 0. The Labute approximate surface area is 104 Å². The third-order valence-corrected chi connectivity index (χ3v) is 2.40.